The summed E-state index contributed by atoms with van der Waals surface area (Å²) in [7, 11) is 0. The number of rotatable bonds is 7. The zero-order valence-corrected chi connectivity index (χ0v) is 19.0. The monoisotopic (exact) mass is 487 g/mol. The predicted octanol–water partition coefficient (Wildman–Crippen LogP) is 7.22. The summed E-state index contributed by atoms with van der Waals surface area (Å²) in [6, 6.07) is 17.4. The van der Waals surface area contributed by atoms with Gasteiger partial charge in [0.15, 0.2) is 11.7 Å². The lowest BCUT2D eigenvalue weighted by Crippen LogP contribution is -2.22. The van der Waals surface area contributed by atoms with Gasteiger partial charge in [-0.1, -0.05) is 12.1 Å². The summed E-state index contributed by atoms with van der Waals surface area (Å²) in [5.74, 6) is -0.323. The van der Waals surface area contributed by atoms with Crippen molar-refractivity contribution in [3.05, 3.63) is 77.9 Å². The number of ether oxygens (including phenoxy) is 1. The van der Waals surface area contributed by atoms with Gasteiger partial charge >= 0.3 is 12.1 Å². The molecular formula is C25H20F3NO4S. The van der Waals surface area contributed by atoms with E-state index in [0.717, 1.165) is 22.6 Å². The Labute approximate surface area is 197 Å². The molecule has 3 aromatic carbocycles. The van der Waals surface area contributed by atoms with Crippen molar-refractivity contribution >= 4 is 28.8 Å². The van der Waals surface area contributed by atoms with E-state index in [9.17, 15) is 18.0 Å². The number of fused-ring (bicyclic) bond motifs is 1. The molecule has 1 aromatic heterocycles. The van der Waals surface area contributed by atoms with Gasteiger partial charge in [-0.25, -0.2) is 9.78 Å². The summed E-state index contributed by atoms with van der Waals surface area (Å²) in [5, 5.41) is 8.93. The van der Waals surface area contributed by atoms with E-state index in [1.54, 1.807) is 30.0 Å². The van der Waals surface area contributed by atoms with Crippen LogP contribution in [-0.2, 0) is 11.0 Å². The number of oxazole rings is 1. The Morgan fingerprint density at radius 1 is 1.03 bits per heavy atom. The van der Waals surface area contributed by atoms with Crippen LogP contribution >= 0.6 is 11.8 Å². The van der Waals surface area contributed by atoms with Gasteiger partial charge in [0.1, 0.15) is 11.3 Å². The molecule has 4 rings (SSSR count). The molecule has 0 bridgehead atoms. The molecule has 5 nitrogen and oxygen atoms in total. The number of aromatic nitrogens is 1. The minimum absolute atomic E-state index is 0.0261. The summed E-state index contributed by atoms with van der Waals surface area (Å²) in [6.07, 6.45) is -5.35. The van der Waals surface area contributed by atoms with E-state index in [1.807, 2.05) is 31.2 Å². The fourth-order valence-corrected chi connectivity index (χ4v) is 4.35. The van der Waals surface area contributed by atoms with Crippen molar-refractivity contribution in [2.75, 3.05) is 0 Å². The fourth-order valence-electron chi connectivity index (χ4n) is 3.33. The highest BCUT2D eigenvalue weighted by molar-refractivity contribution is 7.99. The van der Waals surface area contributed by atoms with Gasteiger partial charge in [-0.3, -0.25) is 0 Å². The van der Waals surface area contributed by atoms with E-state index in [1.165, 1.54) is 19.1 Å². The standard InChI is InChI=1S/C25H20F3NO4S/c1-14(24(30)31)32-18-10-12-19(13-11-18)34-15(2)20-4-3-5-21-22(20)33-23(29-21)16-6-8-17(9-7-16)25(26,27)28/h3-15H,1-2H3,(H,30,31). The number of thioether (sulfide) groups is 1. The zero-order chi connectivity index (χ0) is 24.5. The van der Waals surface area contributed by atoms with Crippen molar-refractivity contribution in [1.82, 2.24) is 4.98 Å². The lowest BCUT2D eigenvalue weighted by atomic mass is 10.1. The molecule has 0 saturated carbocycles. The average Bonchev–Trinajstić information content (AvgIpc) is 3.24. The van der Waals surface area contributed by atoms with Crippen molar-refractivity contribution in [2.45, 2.75) is 36.3 Å². The lowest BCUT2D eigenvalue weighted by molar-refractivity contribution is -0.144. The molecule has 0 saturated heterocycles. The summed E-state index contributed by atoms with van der Waals surface area (Å²) < 4.78 is 49.9. The number of aliphatic carboxylic acids is 1. The van der Waals surface area contributed by atoms with Crippen LogP contribution in [0.2, 0.25) is 0 Å². The van der Waals surface area contributed by atoms with Gasteiger partial charge in [0.05, 0.1) is 5.56 Å². The Balaban J connectivity index is 1.54. The van der Waals surface area contributed by atoms with Crippen molar-refractivity contribution in [3.8, 4) is 17.2 Å². The van der Waals surface area contributed by atoms with Crippen molar-refractivity contribution in [2.24, 2.45) is 0 Å². The van der Waals surface area contributed by atoms with Crippen LogP contribution in [0.1, 0.15) is 30.2 Å². The van der Waals surface area contributed by atoms with Crippen LogP contribution < -0.4 is 4.74 Å². The van der Waals surface area contributed by atoms with E-state index < -0.39 is 23.8 Å². The molecule has 2 unspecified atom stereocenters. The number of para-hydroxylation sites is 1. The van der Waals surface area contributed by atoms with Gasteiger partial charge in [-0.05, 0) is 68.4 Å². The highest BCUT2D eigenvalue weighted by Crippen LogP contribution is 2.40. The Kier molecular flexibility index (Phi) is 6.56. The van der Waals surface area contributed by atoms with Crippen LogP contribution in [-0.4, -0.2) is 22.2 Å². The predicted molar refractivity (Wildman–Crippen MR) is 123 cm³/mol. The number of alkyl halides is 3. The Hall–Kier alpha value is -3.46. The van der Waals surface area contributed by atoms with E-state index in [-0.39, 0.29) is 11.1 Å². The first kappa shape index (κ1) is 23.7. The lowest BCUT2D eigenvalue weighted by Gasteiger charge is -2.13. The molecular weight excluding hydrogens is 467 g/mol. The van der Waals surface area contributed by atoms with Crippen LogP contribution in [0.3, 0.4) is 0 Å². The van der Waals surface area contributed by atoms with Crippen LogP contribution in [0.25, 0.3) is 22.6 Å². The Bertz CT molecular complexity index is 1300. The first-order valence-electron chi connectivity index (χ1n) is 10.3. The SMILES string of the molecule is CC(Oc1ccc(SC(C)c2cccc3nc(-c4ccc(C(F)(F)F)cc4)oc23)cc1)C(=O)O. The van der Waals surface area contributed by atoms with E-state index >= 15 is 0 Å². The van der Waals surface area contributed by atoms with Crippen molar-refractivity contribution in [1.29, 1.82) is 0 Å². The number of halogens is 3. The number of carbonyl (C=O) groups is 1. The minimum atomic E-state index is -4.40. The van der Waals surface area contributed by atoms with E-state index in [4.69, 9.17) is 14.3 Å². The molecule has 2 atom stereocenters. The molecule has 1 N–H and O–H groups in total. The molecule has 0 aliphatic carbocycles. The molecule has 0 spiro atoms. The maximum atomic E-state index is 12.8. The van der Waals surface area contributed by atoms with Gasteiger partial charge in [0, 0.05) is 21.3 Å². The second kappa shape index (κ2) is 9.42. The first-order chi connectivity index (χ1) is 16.1. The summed E-state index contributed by atoms with van der Waals surface area (Å²) in [4.78, 5) is 16.3. The zero-order valence-electron chi connectivity index (χ0n) is 18.2. The molecule has 0 amide bonds. The smallest absolute Gasteiger partial charge is 0.416 e. The number of carboxylic acid groups (broad SMARTS) is 1. The third-order valence-corrected chi connectivity index (χ3v) is 6.29. The number of benzene rings is 3. The average molecular weight is 487 g/mol. The highest BCUT2D eigenvalue weighted by Gasteiger charge is 2.30. The molecule has 0 aliphatic rings. The number of nitrogens with zero attached hydrogens (tertiary/aromatic N) is 1. The fraction of sp³-hybridized carbons (Fsp3) is 0.200. The first-order valence-corrected chi connectivity index (χ1v) is 11.2. The highest BCUT2D eigenvalue weighted by atomic mass is 32.2. The van der Waals surface area contributed by atoms with Crippen LogP contribution in [0.5, 0.6) is 5.75 Å². The second-order valence-electron chi connectivity index (χ2n) is 7.62. The Morgan fingerprint density at radius 2 is 1.71 bits per heavy atom. The summed E-state index contributed by atoms with van der Waals surface area (Å²) in [5.41, 5.74) is 1.82. The quantitative estimate of drug-likeness (QED) is 0.278. The van der Waals surface area contributed by atoms with Crippen molar-refractivity contribution < 1.29 is 32.2 Å². The molecule has 9 heteroatoms. The van der Waals surface area contributed by atoms with E-state index in [2.05, 4.69) is 4.98 Å². The molecule has 0 radical (unpaired) electrons. The summed E-state index contributed by atoms with van der Waals surface area (Å²) in [6.45, 7) is 3.47. The number of hydrogen-bond donors (Lipinski definition) is 1. The molecule has 34 heavy (non-hydrogen) atoms. The second-order valence-corrected chi connectivity index (χ2v) is 9.03. The van der Waals surface area contributed by atoms with Gasteiger partial charge in [-0.2, -0.15) is 13.2 Å². The van der Waals surface area contributed by atoms with Gasteiger partial charge in [0.2, 0.25) is 5.89 Å². The molecule has 1 heterocycles. The molecule has 0 aliphatic heterocycles. The minimum Gasteiger partial charge on any atom is -0.479 e. The number of carboxylic acids is 1. The summed E-state index contributed by atoms with van der Waals surface area (Å²) >= 11 is 1.57. The maximum Gasteiger partial charge on any atom is 0.416 e. The van der Waals surface area contributed by atoms with E-state index in [0.29, 0.717) is 22.4 Å². The topological polar surface area (TPSA) is 72.6 Å². The van der Waals surface area contributed by atoms with Crippen LogP contribution in [0.15, 0.2) is 76.0 Å². The number of hydrogen-bond acceptors (Lipinski definition) is 5. The molecule has 176 valence electrons. The van der Waals surface area contributed by atoms with Crippen LogP contribution in [0.4, 0.5) is 13.2 Å². The largest absolute Gasteiger partial charge is 0.479 e. The van der Waals surface area contributed by atoms with Gasteiger partial charge < -0.3 is 14.3 Å². The van der Waals surface area contributed by atoms with Crippen LogP contribution in [0, 0.1) is 0 Å². The molecule has 0 fully saturated rings. The third kappa shape index (κ3) is 5.20. The normalized spacial score (nSPS) is 13.6. The van der Waals surface area contributed by atoms with Gasteiger partial charge in [0.25, 0.3) is 0 Å². The van der Waals surface area contributed by atoms with Crippen molar-refractivity contribution in [3.63, 3.8) is 0 Å². The van der Waals surface area contributed by atoms with Gasteiger partial charge in [-0.15, -0.1) is 11.8 Å². The third-order valence-electron chi connectivity index (χ3n) is 5.14. The molecule has 4 aromatic rings. The Morgan fingerprint density at radius 3 is 2.32 bits per heavy atom. The maximum absolute atomic E-state index is 12.8.